The SMILES string of the molecule is O=C(Nc1cc(-c2ccco2)ccc1F)N1CCC(N2CCCC2)C1. The molecular formula is C19H22FN3O2. The van der Waals surface area contributed by atoms with E-state index >= 15 is 0 Å². The predicted molar refractivity (Wildman–Crippen MR) is 93.9 cm³/mol. The van der Waals surface area contributed by atoms with E-state index in [1.54, 1.807) is 35.4 Å². The number of hydrogen-bond acceptors (Lipinski definition) is 3. The van der Waals surface area contributed by atoms with Crippen LogP contribution in [0.25, 0.3) is 11.3 Å². The number of likely N-dealkylation sites (tertiary alicyclic amines) is 2. The summed E-state index contributed by atoms with van der Waals surface area (Å²) >= 11 is 0. The van der Waals surface area contributed by atoms with Crippen molar-refractivity contribution < 1.29 is 13.6 Å². The number of furan rings is 1. The fourth-order valence-electron chi connectivity index (χ4n) is 3.74. The summed E-state index contributed by atoms with van der Waals surface area (Å²) in [6.45, 7) is 3.68. The average molecular weight is 343 g/mol. The van der Waals surface area contributed by atoms with E-state index in [9.17, 15) is 9.18 Å². The molecule has 6 heteroatoms. The van der Waals surface area contributed by atoms with E-state index < -0.39 is 5.82 Å². The Morgan fingerprint density at radius 2 is 2.04 bits per heavy atom. The van der Waals surface area contributed by atoms with Crippen LogP contribution in [0.3, 0.4) is 0 Å². The number of carbonyl (C=O) groups excluding carboxylic acids is 1. The number of urea groups is 1. The maximum atomic E-state index is 14.1. The summed E-state index contributed by atoms with van der Waals surface area (Å²) in [6, 6.07) is 8.39. The van der Waals surface area contributed by atoms with Gasteiger partial charge in [0.15, 0.2) is 0 Å². The van der Waals surface area contributed by atoms with Crippen molar-refractivity contribution in [1.29, 1.82) is 0 Å². The first kappa shape index (κ1) is 16.1. The number of rotatable bonds is 3. The molecule has 1 atom stereocenters. The van der Waals surface area contributed by atoms with Gasteiger partial charge in [-0.15, -0.1) is 0 Å². The Hall–Kier alpha value is -2.34. The largest absolute Gasteiger partial charge is 0.464 e. The molecule has 1 aromatic heterocycles. The topological polar surface area (TPSA) is 48.7 Å². The Balaban J connectivity index is 1.43. The monoisotopic (exact) mass is 343 g/mol. The predicted octanol–water partition coefficient (Wildman–Crippen LogP) is 3.79. The molecule has 1 N–H and O–H groups in total. The van der Waals surface area contributed by atoms with E-state index in [0.717, 1.165) is 25.1 Å². The lowest BCUT2D eigenvalue weighted by molar-refractivity contribution is 0.210. The molecule has 0 radical (unpaired) electrons. The number of nitrogens with one attached hydrogen (secondary N) is 1. The van der Waals surface area contributed by atoms with Gasteiger partial charge in [0.05, 0.1) is 12.0 Å². The standard InChI is InChI=1S/C19H22FN3O2/c20-16-6-5-14(18-4-3-11-25-18)12-17(16)21-19(24)23-10-7-15(13-23)22-8-1-2-9-22/h3-6,11-12,15H,1-2,7-10,13H2,(H,21,24). The number of hydrogen-bond donors (Lipinski definition) is 1. The highest BCUT2D eigenvalue weighted by Crippen LogP contribution is 2.26. The summed E-state index contributed by atoms with van der Waals surface area (Å²) in [5.41, 5.74) is 0.918. The van der Waals surface area contributed by atoms with Gasteiger partial charge in [-0.1, -0.05) is 0 Å². The number of benzene rings is 1. The van der Waals surface area contributed by atoms with E-state index in [1.807, 2.05) is 0 Å². The van der Waals surface area contributed by atoms with Gasteiger partial charge in [-0.3, -0.25) is 4.90 Å². The molecular weight excluding hydrogens is 321 g/mol. The van der Waals surface area contributed by atoms with E-state index in [4.69, 9.17) is 4.42 Å². The number of halogens is 1. The Morgan fingerprint density at radius 3 is 2.80 bits per heavy atom. The first-order valence-corrected chi connectivity index (χ1v) is 8.84. The summed E-state index contributed by atoms with van der Waals surface area (Å²) in [4.78, 5) is 16.8. The Bertz CT molecular complexity index is 741. The fraction of sp³-hybridized carbons (Fsp3) is 0.421. The Labute approximate surface area is 146 Å². The zero-order valence-electron chi connectivity index (χ0n) is 14.1. The lowest BCUT2D eigenvalue weighted by atomic mass is 10.1. The van der Waals surface area contributed by atoms with Crippen LogP contribution in [0.2, 0.25) is 0 Å². The van der Waals surface area contributed by atoms with Crippen LogP contribution in [0.5, 0.6) is 0 Å². The zero-order valence-corrected chi connectivity index (χ0v) is 14.1. The van der Waals surface area contributed by atoms with E-state index in [2.05, 4.69) is 10.2 Å². The summed E-state index contributed by atoms with van der Waals surface area (Å²) < 4.78 is 19.4. The van der Waals surface area contributed by atoms with Crippen LogP contribution in [0, 0.1) is 5.82 Å². The van der Waals surface area contributed by atoms with Crippen LogP contribution in [0.1, 0.15) is 19.3 Å². The molecule has 1 aromatic carbocycles. The third-order valence-corrected chi connectivity index (χ3v) is 5.12. The van der Waals surface area contributed by atoms with Crippen LogP contribution in [0.15, 0.2) is 41.0 Å². The van der Waals surface area contributed by atoms with Crippen molar-refractivity contribution in [3.63, 3.8) is 0 Å². The number of amides is 2. The molecule has 0 aliphatic carbocycles. The molecule has 132 valence electrons. The van der Waals surface area contributed by atoms with Gasteiger partial charge >= 0.3 is 6.03 Å². The molecule has 5 nitrogen and oxygen atoms in total. The van der Waals surface area contributed by atoms with Gasteiger partial charge in [-0.05, 0) is 62.7 Å². The Morgan fingerprint density at radius 1 is 1.20 bits per heavy atom. The van der Waals surface area contributed by atoms with Crippen LogP contribution in [-0.2, 0) is 0 Å². The smallest absolute Gasteiger partial charge is 0.321 e. The highest BCUT2D eigenvalue weighted by Gasteiger charge is 2.31. The lowest BCUT2D eigenvalue weighted by Crippen LogP contribution is -2.38. The first-order chi connectivity index (χ1) is 12.2. The van der Waals surface area contributed by atoms with Crippen molar-refractivity contribution in [2.24, 2.45) is 0 Å². The molecule has 2 saturated heterocycles. The quantitative estimate of drug-likeness (QED) is 0.922. The molecule has 25 heavy (non-hydrogen) atoms. The molecule has 2 fully saturated rings. The number of nitrogens with zero attached hydrogens (tertiary/aromatic N) is 2. The highest BCUT2D eigenvalue weighted by molar-refractivity contribution is 5.90. The Kier molecular flexibility index (Phi) is 4.44. The van der Waals surface area contributed by atoms with Crippen molar-refractivity contribution in [2.75, 3.05) is 31.5 Å². The molecule has 2 amide bonds. The minimum atomic E-state index is -0.445. The minimum absolute atomic E-state index is 0.184. The second kappa shape index (κ2) is 6.88. The molecule has 3 heterocycles. The molecule has 2 aliphatic heterocycles. The normalized spacial score (nSPS) is 21.0. The maximum Gasteiger partial charge on any atom is 0.321 e. The van der Waals surface area contributed by atoms with Gasteiger partial charge in [0, 0.05) is 24.7 Å². The third kappa shape index (κ3) is 3.39. The molecule has 0 spiro atoms. The van der Waals surface area contributed by atoms with Crippen molar-refractivity contribution in [2.45, 2.75) is 25.3 Å². The van der Waals surface area contributed by atoms with Crippen molar-refractivity contribution >= 4 is 11.7 Å². The molecule has 4 rings (SSSR count). The lowest BCUT2D eigenvalue weighted by Gasteiger charge is -2.23. The zero-order chi connectivity index (χ0) is 17.2. The van der Waals surface area contributed by atoms with Gasteiger partial charge in [0.25, 0.3) is 0 Å². The maximum absolute atomic E-state index is 14.1. The molecule has 1 unspecified atom stereocenters. The van der Waals surface area contributed by atoms with Crippen molar-refractivity contribution in [1.82, 2.24) is 9.80 Å². The van der Waals surface area contributed by atoms with Gasteiger partial charge in [0.1, 0.15) is 11.6 Å². The molecule has 0 saturated carbocycles. The summed E-state index contributed by atoms with van der Waals surface area (Å²) in [7, 11) is 0. The van der Waals surface area contributed by atoms with E-state index in [0.29, 0.717) is 24.9 Å². The second-order valence-electron chi connectivity index (χ2n) is 6.73. The second-order valence-corrected chi connectivity index (χ2v) is 6.73. The fourth-order valence-corrected chi connectivity index (χ4v) is 3.74. The van der Waals surface area contributed by atoms with Gasteiger partial charge in [0.2, 0.25) is 0 Å². The van der Waals surface area contributed by atoms with Crippen molar-refractivity contribution in [3.05, 3.63) is 42.4 Å². The summed E-state index contributed by atoms with van der Waals surface area (Å²) in [5, 5.41) is 2.72. The van der Waals surface area contributed by atoms with Crippen LogP contribution < -0.4 is 5.32 Å². The highest BCUT2D eigenvalue weighted by atomic mass is 19.1. The number of anilines is 1. The molecule has 2 aliphatic rings. The van der Waals surface area contributed by atoms with Crippen LogP contribution >= 0.6 is 0 Å². The minimum Gasteiger partial charge on any atom is -0.464 e. The molecule has 2 aromatic rings. The first-order valence-electron chi connectivity index (χ1n) is 8.84. The van der Waals surface area contributed by atoms with E-state index in [1.165, 1.54) is 18.9 Å². The number of carbonyl (C=O) groups is 1. The molecule has 0 bridgehead atoms. The van der Waals surface area contributed by atoms with Crippen LogP contribution in [-0.4, -0.2) is 48.1 Å². The third-order valence-electron chi connectivity index (χ3n) is 5.12. The van der Waals surface area contributed by atoms with E-state index in [-0.39, 0.29) is 11.7 Å². The summed E-state index contributed by atoms with van der Waals surface area (Å²) in [5.74, 6) is 0.199. The van der Waals surface area contributed by atoms with Gasteiger partial charge in [-0.2, -0.15) is 0 Å². The van der Waals surface area contributed by atoms with Gasteiger partial charge < -0.3 is 14.6 Å². The van der Waals surface area contributed by atoms with Crippen molar-refractivity contribution in [3.8, 4) is 11.3 Å². The van der Waals surface area contributed by atoms with Crippen LogP contribution in [0.4, 0.5) is 14.9 Å². The summed E-state index contributed by atoms with van der Waals surface area (Å²) in [6.07, 6.45) is 5.04. The van der Waals surface area contributed by atoms with Gasteiger partial charge in [-0.25, -0.2) is 9.18 Å². The average Bonchev–Trinajstić information content (AvgIpc) is 3.37.